The van der Waals surface area contributed by atoms with Gasteiger partial charge in [0.05, 0.1) is 11.0 Å². The predicted octanol–water partition coefficient (Wildman–Crippen LogP) is 3.72. The van der Waals surface area contributed by atoms with Crippen LogP contribution in [-0.4, -0.2) is 18.2 Å². The van der Waals surface area contributed by atoms with E-state index in [0.29, 0.717) is 4.68 Å². The summed E-state index contributed by atoms with van der Waals surface area (Å²) in [7, 11) is -3.95. The number of nitrogens with two attached hydrogens (primary N) is 1. The van der Waals surface area contributed by atoms with Gasteiger partial charge in [0, 0.05) is 11.1 Å². The van der Waals surface area contributed by atoms with E-state index >= 15 is 0 Å². The van der Waals surface area contributed by atoms with Crippen LogP contribution in [0.3, 0.4) is 0 Å². The highest BCUT2D eigenvalue weighted by molar-refractivity contribution is 7.89. The van der Waals surface area contributed by atoms with Crippen molar-refractivity contribution in [1.29, 1.82) is 5.26 Å². The van der Waals surface area contributed by atoms with Gasteiger partial charge in [-0.1, -0.05) is 42.0 Å². The van der Waals surface area contributed by atoms with Gasteiger partial charge in [-0.05, 0) is 24.6 Å². The lowest BCUT2D eigenvalue weighted by Crippen LogP contribution is -2.15. The van der Waals surface area contributed by atoms with E-state index in [0.717, 1.165) is 5.56 Å². The molecule has 0 aliphatic heterocycles. The Labute approximate surface area is 165 Å². The molecule has 1 aromatic heterocycles. The molecule has 1 heterocycles. The third-order valence-corrected chi connectivity index (χ3v) is 5.17. The number of alkyl halides is 3. The minimum Gasteiger partial charge on any atom is -0.245 e. The topological polar surface area (TPSA) is 102 Å². The first kappa shape index (κ1) is 20.6. The van der Waals surface area contributed by atoms with Crippen molar-refractivity contribution >= 4 is 10.0 Å². The fourth-order valence-corrected chi connectivity index (χ4v) is 3.45. The van der Waals surface area contributed by atoms with Crippen LogP contribution in [0.15, 0.2) is 53.4 Å². The molecule has 2 aromatic carbocycles. The van der Waals surface area contributed by atoms with E-state index in [4.69, 9.17) is 10.4 Å². The van der Waals surface area contributed by atoms with E-state index in [9.17, 15) is 21.6 Å². The molecular weight excluding hydrogens is 405 g/mol. The molecule has 0 saturated heterocycles. The number of nitrogens with zero attached hydrogens (tertiary/aromatic N) is 3. The molecule has 0 unspecified atom stereocenters. The van der Waals surface area contributed by atoms with E-state index in [1.807, 2.05) is 0 Å². The zero-order valence-electron chi connectivity index (χ0n) is 15.1. The van der Waals surface area contributed by atoms with Crippen molar-refractivity contribution in [3.8, 4) is 28.5 Å². The van der Waals surface area contributed by atoms with Crippen molar-refractivity contribution < 1.29 is 21.6 Å². The maximum Gasteiger partial charge on any atom is 0.433 e. The molecule has 6 nitrogen and oxygen atoms in total. The van der Waals surface area contributed by atoms with Crippen molar-refractivity contribution in [2.24, 2.45) is 5.14 Å². The van der Waals surface area contributed by atoms with Crippen LogP contribution in [0.25, 0.3) is 22.4 Å². The largest absolute Gasteiger partial charge is 0.433 e. The van der Waals surface area contributed by atoms with E-state index in [-0.39, 0.29) is 27.3 Å². The lowest BCUT2D eigenvalue weighted by Gasteiger charge is -2.12. The van der Waals surface area contributed by atoms with Crippen LogP contribution in [0.1, 0.15) is 11.3 Å². The molecule has 0 aliphatic rings. The maximum atomic E-state index is 13.9. The van der Waals surface area contributed by atoms with Gasteiger partial charge in [-0.25, -0.2) is 18.2 Å². The first-order valence-electron chi connectivity index (χ1n) is 8.27. The van der Waals surface area contributed by atoms with Gasteiger partial charge in [-0.2, -0.15) is 23.5 Å². The summed E-state index contributed by atoms with van der Waals surface area (Å²) in [6.07, 6.45) is -4.76. The smallest absolute Gasteiger partial charge is 0.245 e. The predicted molar refractivity (Wildman–Crippen MR) is 99.8 cm³/mol. The lowest BCUT2D eigenvalue weighted by molar-refractivity contribution is -0.143. The van der Waals surface area contributed by atoms with E-state index < -0.39 is 28.4 Å². The van der Waals surface area contributed by atoms with Crippen LogP contribution in [0.2, 0.25) is 0 Å². The highest BCUT2D eigenvalue weighted by atomic mass is 32.2. The summed E-state index contributed by atoms with van der Waals surface area (Å²) in [5, 5.41) is 18.0. The van der Waals surface area contributed by atoms with E-state index in [2.05, 4.69) is 5.10 Å². The van der Waals surface area contributed by atoms with Gasteiger partial charge in [-0.3, -0.25) is 0 Å². The second-order valence-corrected chi connectivity index (χ2v) is 7.88. The molecule has 10 heteroatoms. The molecule has 0 spiro atoms. The van der Waals surface area contributed by atoms with Gasteiger partial charge in [0.15, 0.2) is 5.69 Å². The first-order valence-corrected chi connectivity index (χ1v) is 9.82. The normalized spacial score (nSPS) is 12.0. The van der Waals surface area contributed by atoms with Gasteiger partial charge in [0.2, 0.25) is 10.0 Å². The fraction of sp³-hybridized carbons (Fsp3) is 0.158. The fourth-order valence-electron chi connectivity index (χ4n) is 2.93. The molecule has 0 radical (unpaired) electrons. The van der Waals surface area contributed by atoms with Crippen molar-refractivity contribution in [3.05, 3.63) is 59.8 Å². The van der Waals surface area contributed by atoms with Gasteiger partial charge in [-0.15, -0.1) is 0 Å². The summed E-state index contributed by atoms with van der Waals surface area (Å²) in [6, 6.07) is 13.2. The molecule has 0 atom stereocenters. The van der Waals surface area contributed by atoms with Crippen molar-refractivity contribution in [2.45, 2.75) is 24.5 Å². The van der Waals surface area contributed by atoms with Crippen LogP contribution in [0.4, 0.5) is 13.2 Å². The molecule has 0 aliphatic carbocycles. The van der Waals surface area contributed by atoms with Crippen LogP contribution in [0.5, 0.6) is 0 Å². The Hall–Kier alpha value is -3.16. The molecule has 3 rings (SSSR count). The monoisotopic (exact) mass is 420 g/mol. The minimum absolute atomic E-state index is 0.0163. The standard InChI is InChI=1S/C19H15F3N4O2S/c1-12-2-4-13(5-3-12)16-17(14-6-8-15(9-7-14)29(24,27)28)25-26(11-10-23)18(16)19(20,21)22/h2-9H,11H2,1H3,(H2,24,27,28). The average Bonchev–Trinajstić information content (AvgIpc) is 3.02. The molecule has 0 saturated carbocycles. The Morgan fingerprint density at radius 2 is 1.62 bits per heavy atom. The number of hydrogen-bond acceptors (Lipinski definition) is 4. The minimum atomic E-state index is -4.76. The number of halogens is 3. The number of hydrogen-bond donors (Lipinski definition) is 1. The summed E-state index contributed by atoms with van der Waals surface area (Å²) >= 11 is 0. The quantitative estimate of drug-likeness (QED) is 0.695. The number of aromatic nitrogens is 2. The Bertz CT molecular complexity index is 1190. The maximum absolute atomic E-state index is 13.9. The average molecular weight is 420 g/mol. The summed E-state index contributed by atoms with van der Waals surface area (Å²) in [5.74, 6) is 0. The first-order chi connectivity index (χ1) is 13.5. The molecule has 0 bridgehead atoms. The molecule has 150 valence electrons. The third kappa shape index (κ3) is 4.16. The number of primary sulfonamides is 1. The Morgan fingerprint density at radius 1 is 1.07 bits per heavy atom. The van der Waals surface area contributed by atoms with Crippen LogP contribution >= 0.6 is 0 Å². The van der Waals surface area contributed by atoms with Gasteiger partial charge in [0.25, 0.3) is 0 Å². The highest BCUT2D eigenvalue weighted by Crippen LogP contribution is 2.42. The van der Waals surface area contributed by atoms with Crippen molar-refractivity contribution in [3.63, 3.8) is 0 Å². The lowest BCUT2D eigenvalue weighted by atomic mass is 9.98. The third-order valence-electron chi connectivity index (χ3n) is 4.24. The van der Waals surface area contributed by atoms with Crippen molar-refractivity contribution in [1.82, 2.24) is 9.78 Å². The van der Waals surface area contributed by atoms with Crippen LogP contribution in [0, 0.1) is 18.3 Å². The Balaban J connectivity index is 2.31. The van der Waals surface area contributed by atoms with E-state index in [1.165, 1.54) is 24.3 Å². The Morgan fingerprint density at radius 3 is 2.10 bits per heavy atom. The van der Waals surface area contributed by atoms with Gasteiger partial charge >= 0.3 is 6.18 Å². The number of sulfonamides is 1. The number of rotatable bonds is 4. The summed E-state index contributed by atoms with van der Waals surface area (Å²) in [6.45, 7) is 1.21. The molecule has 2 N–H and O–H groups in total. The molecule has 0 amide bonds. The SMILES string of the molecule is Cc1ccc(-c2c(-c3ccc(S(N)(=O)=O)cc3)nn(CC#N)c2C(F)(F)F)cc1. The van der Waals surface area contributed by atoms with Crippen LogP contribution in [-0.2, 0) is 22.7 Å². The number of aryl methyl sites for hydroxylation is 1. The number of benzene rings is 2. The summed E-state index contributed by atoms with van der Waals surface area (Å²) < 4.78 is 65.1. The molecular formula is C19H15F3N4O2S. The Kier molecular flexibility index (Phi) is 5.21. The zero-order chi connectivity index (χ0) is 21.4. The molecule has 3 aromatic rings. The number of nitriles is 1. The second kappa shape index (κ2) is 7.35. The highest BCUT2D eigenvalue weighted by Gasteiger charge is 2.40. The molecule has 0 fully saturated rings. The van der Waals surface area contributed by atoms with E-state index in [1.54, 1.807) is 37.3 Å². The van der Waals surface area contributed by atoms with Crippen molar-refractivity contribution in [2.75, 3.05) is 0 Å². The molecule has 29 heavy (non-hydrogen) atoms. The van der Waals surface area contributed by atoms with Gasteiger partial charge < -0.3 is 0 Å². The van der Waals surface area contributed by atoms with Crippen LogP contribution < -0.4 is 5.14 Å². The van der Waals surface area contributed by atoms with Gasteiger partial charge in [0.1, 0.15) is 12.2 Å². The second-order valence-electron chi connectivity index (χ2n) is 6.32. The zero-order valence-corrected chi connectivity index (χ0v) is 15.9. The summed E-state index contributed by atoms with van der Waals surface area (Å²) in [4.78, 5) is -0.175. The summed E-state index contributed by atoms with van der Waals surface area (Å²) in [5.41, 5.74) is 0.153.